The van der Waals surface area contributed by atoms with Crippen LogP contribution in [0, 0.1) is 24.2 Å². The molecule has 1 aromatic carbocycles. The van der Waals surface area contributed by atoms with Gasteiger partial charge in [-0.15, -0.1) is 11.8 Å². The molecule has 0 aliphatic heterocycles. The molecule has 1 N–H and O–H groups in total. The second-order valence-corrected chi connectivity index (χ2v) is 7.99. The minimum atomic E-state index is -0.0836. The van der Waals surface area contributed by atoms with Crippen LogP contribution in [-0.4, -0.2) is 16.6 Å². The van der Waals surface area contributed by atoms with Crippen molar-refractivity contribution in [2.24, 2.45) is 5.92 Å². The third-order valence-corrected chi connectivity index (χ3v) is 4.93. The van der Waals surface area contributed by atoms with Gasteiger partial charge in [0.1, 0.15) is 11.1 Å². The molecule has 2 aromatic rings. The fourth-order valence-corrected chi connectivity index (χ4v) is 3.49. The molecule has 0 aliphatic rings. The van der Waals surface area contributed by atoms with Crippen LogP contribution in [0.3, 0.4) is 0 Å². The number of aryl methyl sites for hydroxylation is 1. The van der Waals surface area contributed by atoms with Gasteiger partial charge in [0.25, 0.3) is 0 Å². The molecule has 0 bridgehead atoms. The van der Waals surface area contributed by atoms with Crippen LogP contribution in [0.25, 0.3) is 0 Å². The number of nitrogens with zero attached hydrogens (tertiary/aromatic N) is 2. The lowest BCUT2D eigenvalue weighted by Gasteiger charge is -2.10. The Morgan fingerprint density at radius 2 is 2.12 bits per heavy atom. The Bertz CT molecular complexity index is 830. The third kappa shape index (κ3) is 6.05. The molecule has 136 valence electrons. The number of aromatic nitrogens is 1. The molecule has 26 heavy (non-hydrogen) atoms. The molecule has 6 heteroatoms. The van der Waals surface area contributed by atoms with Gasteiger partial charge in [0.15, 0.2) is 0 Å². The van der Waals surface area contributed by atoms with E-state index in [1.54, 1.807) is 12.1 Å². The van der Waals surface area contributed by atoms with Crippen LogP contribution in [0.5, 0.6) is 0 Å². The monoisotopic (exact) mass is 387 g/mol. The van der Waals surface area contributed by atoms with Crippen molar-refractivity contribution in [3.8, 4) is 6.07 Å². The van der Waals surface area contributed by atoms with E-state index in [9.17, 15) is 10.1 Å². The number of anilines is 1. The van der Waals surface area contributed by atoms with E-state index in [-0.39, 0.29) is 5.91 Å². The number of rotatable bonds is 7. The highest BCUT2D eigenvalue weighted by Crippen LogP contribution is 2.23. The molecule has 0 unspecified atom stereocenters. The second kappa shape index (κ2) is 9.61. The molecule has 0 spiro atoms. The fourth-order valence-electron chi connectivity index (χ4n) is 2.39. The second-order valence-electron chi connectivity index (χ2n) is 6.47. The van der Waals surface area contributed by atoms with E-state index in [1.165, 1.54) is 11.8 Å². The first-order valence-electron chi connectivity index (χ1n) is 8.48. The molecule has 0 atom stereocenters. The predicted molar refractivity (Wildman–Crippen MR) is 108 cm³/mol. The number of nitriles is 1. The molecular formula is C20H22ClN3OS. The van der Waals surface area contributed by atoms with Crippen molar-refractivity contribution in [1.29, 1.82) is 5.26 Å². The minimum absolute atomic E-state index is 0.0836. The zero-order valence-electron chi connectivity index (χ0n) is 15.2. The van der Waals surface area contributed by atoms with Gasteiger partial charge in [0.05, 0.1) is 5.56 Å². The number of thioether (sulfide) groups is 1. The third-order valence-electron chi connectivity index (χ3n) is 3.70. The van der Waals surface area contributed by atoms with E-state index in [2.05, 4.69) is 30.2 Å². The summed E-state index contributed by atoms with van der Waals surface area (Å²) in [5.74, 6) is 0.970. The fraction of sp³-hybridized carbons (Fsp3) is 0.350. The lowest BCUT2D eigenvalue weighted by molar-refractivity contribution is -0.115. The maximum Gasteiger partial charge on any atom is 0.225 e. The van der Waals surface area contributed by atoms with Gasteiger partial charge in [-0.1, -0.05) is 31.5 Å². The summed E-state index contributed by atoms with van der Waals surface area (Å²) in [5, 5.41) is 13.4. The minimum Gasteiger partial charge on any atom is -0.326 e. The van der Waals surface area contributed by atoms with Crippen LogP contribution >= 0.6 is 23.4 Å². The number of carbonyl (C=O) groups is 1. The van der Waals surface area contributed by atoms with E-state index < -0.39 is 0 Å². The number of hydrogen-bond donors (Lipinski definition) is 1. The van der Waals surface area contributed by atoms with Crippen LogP contribution in [0.4, 0.5) is 5.69 Å². The average Bonchev–Trinajstić information content (AvgIpc) is 2.58. The summed E-state index contributed by atoms with van der Waals surface area (Å²) in [6, 6.07) is 11.3. The van der Waals surface area contributed by atoms with Crippen molar-refractivity contribution >= 4 is 35.0 Å². The Morgan fingerprint density at radius 1 is 1.35 bits per heavy atom. The van der Waals surface area contributed by atoms with Gasteiger partial charge in [0, 0.05) is 28.6 Å². The number of carbonyl (C=O) groups excluding carboxylic acids is 1. The van der Waals surface area contributed by atoms with Gasteiger partial charge >= 0.3 is 0 Å². The zero-order chi connectivity index (χ0) is 19.1. The number of nitrogens with one attached hydrogen (secondary N) is 1. The van der Waals surface area contributed by atoms with Gasteiger partial charge in [0.2, 0.25) is 5.91 Å². The van der Waals surface area contributed by atoms with Crippen molar-refractivity contribution in [2.75, 3.05) is 11.1 Å². The summed E-state index contributed by atoms with van der Waals surface area (Å²) >= 11 is 7.41. The molecular weight excluding hydrogens is 366 g/mol. The van der Waals surface area contributed by atoms with Gasteiger partial charge in [-0.3, -0.25) is 4.79 Å². The number of benzene rings is 1. The summed E-state index contributed by atoms with van der Waals surface area (Å²) in [7, 11) is 0. The van der Waals surface area contributed by atoms with Crippen molar-refractivity contribution in [2.45, 2.75) is 38.6 Å². The molecule has 1 heterocycles. The molecule has 4 nitrogen and oxygen atoms in total. The van der Waals surface area contributed by atoms with Crippen LogP contribution < -0.4 is 5.32 Å². The molecule has 0 fully saturated rings. The quantitative estimate of drug-likeness (QED) is 0.660. The lowest BCUT2D eigenvalue weighted by atomic mass is 10.1. The summed E-state index contributed by atoms with van der Waals surface area (Å²) in [6.45, 7) is 6.19. The van der Waals surface area contributed by atoms with Gasteiger partial charge in [-0.25, -0.2) is 4.98 Å². The number of pyridine rings is 1. The average molecular weight is 388 g/mol. The number of hydrogen-bond acceptors (Lipinski definition) is 4. The lowest BCUT2D eigenvalue weighted by Crippen LogP contribution is -2.13. The molecule has 1 amide bonds. The summed E-state index contributed by atoms with van der Waals surface area (Å²) in [5.41, 5.74) is 3.21. The molecule has 0 saturated heterocycles. The topological polar surface area (TPSA) is 65.8 Å². The SMILES string of the molecule is Cc1ccc(Cl)cc1NC(=O)CCSc1nc(CC(C)C)ccc1C#N. The highest BCUT2D eigenvalue weighted by molar-refractivity contribution is 7.99. The summed E-state index contributed by atoms with van der Waals surface area (Å²) in [6.07, 6.45) is 1.20. The van der Waals surface area contributed by atoms with E-state index >= 15 is 0 Å². The number of amides is 1. The van der Waals surface area contributed by atoms with Crippen molar-refractivity contribution in [3.63, 3.8) is 0 Å². The Labute approximate surface area is 164 Å². The number of halogens is 1. The Kier molecular flexibility index (Phi) is 7.50. The predicted octanol–water partition coefficient (Wildman–Crippen LogP) is 5.23. The maximum absolute atomic E-state index is 12.2. The molecule has 1 aromatic heterocycles. The zero-order valence-corrected chi connectivity index (χ0v) is 16.7. The highest BCUT2D eigenvalue weighted by Gasteiger charge is 2.10. The van der Waals surface area contributed by atoms with Gasteiger partial charge in [-0.05, 0) is 49.1 Å². The van der Waals surface area contributed by atoms with Crippen LogP contribution in [0.1, 0.15) is 37.1 Å². The molecule has 0 radical (unpaired) electrons. The van der Waals surface area contributed by atoms with Gasteiger partial charge < -0.3 is 5.32 Å². The van der Waals surface area contributed by atoms with Gasteiger partial charge in [-0.2, -0.15) is 5.26 Å². The normalized spacial score (nSPS) is 10.6. The first-order chi connectivity index (χ1) is 12.4. The van der Waals surface area contributed by atoms with Crippen LogP contribution in [0.15, 0.2) is 35.4 Å². The van der Waals surface area contributed by atoms with Crippen molar-refractivity contribution in [1.82, 2.24) is 4.98 Å². The Balaban J connectivity index is 1.95. The van der Waals surface area contributed by atoms with Crippen LogP contribution in [0.2, 0.25) is 5.02 Å². The highest BCUT2D eigenvalue weighted by atomic mass is 35.5. The van der Waals surface area contributed by atoms with Crippen molar-refractivity contribution < 1.29 is 4.79 Å². The summed E-state index contributed by atoms with van der Waals surface area (Å²) < 4.78 is 0. The van der Waals surface area contributed by atoms with Crippen LogP contribution in [-0.2, 0) is 11.2 Å². The first-order valence-corrected chi connectivity index (χ1v) is 9.84. The molecule has 0 aliphatic carbocycles. The summed E-state index contributed by atoms with van der Waals surface area (Å²) in [4.78, 5) is 16.8. The maximum atomic E-state index is 12.2. The smallest absolute Gasteiger partial charge is 0.225 e. The standard InChI is InChI=1S/C20H22ClN3OS/c1-13(2)10-17-7-5-15(12-22)20(23-17)26-9-8-19(25)24-18-11-16(21)6-4-14(18)3/h4-7,11,13H,8-10H2,1-3H3,(H,24,25). The first kappa shape index (κ1) is 20.3. The molecule has 2 rings (SSSR count). The van der Waals surface area contributed by atoms with E-state index in [1.807, 2.05) is 25.1 Å². The molecule has 0 saturated carbocycles. The van der Waals surface area contributed by atoms with E-state index in [0.29, 0.717) is 33.7 Å². The largest absolute Gasteiger partial charge is 0.326 e. The Hall–Kier alpha value is -2.03. The Morgan fingerprint density at radius 3 is 2.81 bits per heavy atom. The van der Waals surface area contributed by atoms with Crippen molar-refractivity contribution in [3.05, 3.63) is 52.2 Å². The van der Waals surface area contributed by atoms with E-state index in [4.69, 9.17) is 11.6 Å². The van der Waals surface area contributed by atoms with E-state index in [0.717, 1.165) is 23.4 Å².